The molecule has 0 unspecified atom stereocenters. The number of fused-ring (bicyclic) bond motifs is 4. The van der Waals surface area contributed by atoms with E-state index in [-0.39, 0.29) is 35.2 Å². The number of phenolic OH excluding ortho intramolecular Hbond substituents is 1. The number of methoxy groups -OCH3 is 1. The summed E-state index contributed by atoms with van der Waals surface area (Å²) in [4.78, 5) is 26.1. The van der Waals surface area contributed by atoms with Gasteiger partial charge >= 0.3 is 0 Å². The number of carbonyl (C=O) groups is 1. The number of carbonyl (C=O) groups excluding carboxylic acids is 1. The van der Waals surface area contributed by atoms with Gasteiger partial charge in [-0.05, 0) is 67.3 Å². The number of phenols is 1. The molecule has 37 heavy (non-hydrogen) atoms. The van der Waals surface area contributed by atoms with E-state index in [1.807, 2.05) is 39.8 Å². The number of ketones is 1. The highest BCUT2D eigenvalue weighted by Gasteiger charge is 2.37. The van der Waals surface area contributed by atoms with E-state index >= 15 is 0 Å². The van der Waals surface area contributed by atoms with Gasteiger partial charge < -0.3 is 24.4 Å². The summed E-state index contributed by atoms with van der Waals surface area (Å²) >= 11 is 0. The Morgan fingerprint density at radius 3 is 2.43 bits per heavy atom. The molecule has 5 rings (SSSR count). The molecule has 1 aliphatic heterocycles. The molecule has 2 atom stereocenters. The summed E-state index contributed by atoms with van der Waals surface area (Å²) in [5, 5.41) is 21.3. The SMILES string of the molecule is COc1cc([C@H]2Oc3c(C(C)C)cc4c(=O)cc5c(cc4c3O[C@H]2CO)C=CC(=O)C5(C)C)ccc1O. The highest BCUT2D eigenvalue weighted by atomic mass is 16.6. The van der Waals surface area contributed by atoms with Crippen molar-refractivity contribution in [3.63, 3.8) is 0 Å². The third-order valence-electron chi connectivity index (χ3n) is 7.34. The summed E-state index contributed by atoms with van der Waals surface area (Å²) < 4.78 is 18.2. The quantitative estimate of drug-likeness (QED) is 0.529. The first-order valence-corrected chi connectivity index (χ1v) is 12.3. The number of hydrogen-bond donors (Lipinski definition) is 2. The Labute approximate surface area is 214 Å². The van der Waals surface area contributed by atoms with E-state index in [2.05, 4.69) is 0 Å². The molecule has 0 amide bonds. The minimum absolute atomic E-state index is 0.000110. The lowest BCUT2D eigenvalue weighted by Gasteiger charge is -2.35. The van der Waals surface area contributed by atoms with Crippen LogP contribution in [0.25, 0.3) is 16.8 Å². The van der Waals surface area contributed by atoms with Gasteiger partial charge in [0.1, 0.15) is 0 Å². The standard InChI is InChI=1S/C30H30O7/c1-15(2)18-12-19-20(10-16-7-9-26(34)30(3,4)21(16)13-23(19)33)29-28(18)37-27(25(14-31)36-29)17-6-8-22(32)24(11-17)35-5/h6-13,15,25,27,31-32H,14H2,1-5H3/t25-,27+/m0/s1. The molecular weight excluding hydrogens is 472 g/mol. The molecule has 2 aliphatic rings. The fourth-order valence-corrected chi connectivity index (χ4v) is 5.10. The summed E-state index contributed by atoms with van der Waals surface area (Å²) in [7, 11) is 1.46. The van der Waals surface area contributed by atoms with Crippen molar-refractivity contribution in [1.29, 1.82) is 0 Å². The van der Waals surface area contributed by atoms with Crippen LogP contribution in [0.1, 0.15) is 62.0 Å². The van der Waals surface area contributed by atoms with Crippen molar-refractivity contribution in [2.45, 2.75) is 51.2 Å². The fourth-order valence-electron chi connectivity index (χ4n) is 5.10. The normalized spacial score (nSPS) is 19.7. The van der Waals surface area contributed by atoms with E-state index < -0.39 is 17.6 Å². The van der Waals surface area contributed by atoms with Crippen LogP contribution in [0.3, 0.4) is 0 Å². The number of allylic oxidation sites excluding steroid dienone is 1. The van der Waals surface area contributed by atoms with Crippen LogP contribution >= 0.6 is 0 Å². The van der Waals surface area contributed by atoms with Crippen LogP contribution in [0.5, 0.6) is 23.0 Å². The van der Waals surface area contributed by atoms with Gasteiger partial charge in [-0.1, -0.05) is 26.0 Å². The molecule has 0 bridgehead atoms. The second kappa shape index (κ2) is 8.92. The predicted octanol–water partition coefficient (Wildman–Crippen LogP) is 4.78. The number of ether oxygens (including phenoxy) is 3. The van der Waals surface area contributed by atoms with Crippen molar-refractivity contribution in [3.05, 3.63) is 75.0 Å². The summed E-state index contributed by atoms with van der Waals surface area (Å²) in [5.74, 6) is 1.10. The van der Waals surface area contributed by atoms with Gasteiger partial charge in [0.05, 0.1) is 19.1 Å². The topological polar surface area (TPSA) is 102 Å². The molecule has 0 saturated heterocycles. The first-order chi connectivity index (χ1) is 17.6. The third kappa shape index (κ3) is 3.94. The largest absolute Gasteiger partial charge is 0.504 e. The summed E-state index contributed by atoms with van der Waals surface area (Å²) in [5.41, 5.74) is 1.82. The average Bonchev–Trinajstić information content (AvgIpc) is 3.02. The van der Waals surface area contributed by atoms with Gasteiger partial charge in [0, 0.05) is 21.9 Å². The van der Waals surface area contributed by atoms with Crippen LogP contribution in [0.2, 0.25) is 0 Å². The fraction of sp³-hybridized carbons (Fsp3) is 0.333. The van der Waals surface area contributed by atoms with Crippen LogP contribution in [0.4, 0.5) is 0 Å². The van der Waals surface area contributed by atoms with Crippen molar-refractivity contribution >= 4 is 22.6 Å². The van der Waals surface area contributed by atoms with Crippen molar-refractivity contribution in [2.24, 2.45) is 0 Å². The van der Waals surface area contributed by atoms with Crippen LogP contribution in [-0.2, 0) is 10.2 Å². The maximum Gasteiger partial charge on any atom is 0.186 e. The van der Waals surface area contributed by atoms with Crippen LogP contribution < -0.4 is 19.6 Å². The van der Waals surface area contributed by atoms with Gasteiger partial charge in [-0.3, -0.25) is 9.59 Å². The van der Waals surface area contributed by atoms with Crippen LogP contribution in [0, 0.1) is 0 Å². The Kier molecular flexibility index (Phi) is 5.99. The number of rotatable bonds is 4. The van der Waals surface area contributed by atoms with Gasteiger partial charge in [0.25, 0.3) is 0 Å². The van der Waals surface area contributed by atoms with Crippen LogP contribution in [-0.4, -0.2) is 35.8 Å². The van der Waals surface area contributed by atoms with E-state index in [1.54, 1.807) is 24.3 Å². The molecule has 0 spiro atoms. The van der Waals surface area contributed by atoms with E-state index in [0.29, 0.717) is 33.4 Å². The first kappa shape index (κ1) is 24.8. The minimum Gasteiger partial charge on any atom is -0.504 e. The maximum atomic E-state index is 13.5. The summed E-state index contributed by atoms with van der Waals surface area (Å²) in [6.45, 7) is 7.29. The molecule has 0 aromatic heterocycles. The lowest BCUT2D eigenvalue weighted by molar-refractivity contribution is -0.118. The summed E-state index contributed by atoms with van der Waals surface area (Å²) in [6, 6.07) is 10.1. The smallest absolute Gasteiger partial charge is 0.186 e. The Morgan fingerprint density at radius 2 is 1.76 bits per heavy atom. The molecule has 0 fully saturated rings. The zero-order valence-corrected chi connectivity index (χ0v) is 21.5. The second-order valence-corrected chi connectivity index (χ2v) is 10.4. The molecule has 0 saturated carbocycles. The monoisotopic (exact) mass is 502 g/mol. The summed E-state index contributed by atoms with van der Waals surface area (Å²) in [6.07, 6.45) is 1.80. The number of aliphatic hydroxyl groups excluding tert-OH is 1. The zero-order valence-electron chi connectivity index (χ0n) is 21.5. The number of hydrogen-bond acceptors (Lipinski definition) is 7. The molecule has 1 heterocycles. The van der Waals surface area contributed by atoms with Crippen molar-refractivity contribution in [3.8, 4) is 23.0 Å². The van der Waals surface area contributed by atoms with Gasteiger partial charge in [-0.25, -0.2) is 0 Å². The van der Waals surface area contributed by atoms with E-state index in [0.717, 1.165) is 11.1 Å². The third-order valence-corrected chi connectivity index (χ3v) is 7.34. The molecule has 3 aromatic rings. The second-order valence-electron chi connectivity index (χ2n) is 10.4. The van der Waals surface area contributed by atoms with Gasteiger partial charge in [0.15, 0.2) is 46.4 Å². The Balaban J connectivity index is 1.78. The van der Waals surface area contributed by atoms with Crippen molar-refractivity contribution in [2.75, 3.05) is 13.7 Å². The Bertz CT molecular complexity index is 1520. The van der Waals surface area contributed by atoms with Gasteiger partial charge in [-0.2, -0.15) is 0 Å². The molecule has 3 aromatic carbocycles. The Morgan fingerprint density at radius 1 is 1.00 bits per heavy atom. The highest BCUT2D eigenvalue weighted by Crippen LogP contribution is 2.49. The lowest BCUT2D eigenvalue weighted by Crippen LogP contribution is -2.36. The van der Waals surface area contributed by atoms with Crippen molar-refractivity contribution < 1.29 is 29.2 Å². The number of aromatic hydroxyl groups is 1. The molecule has 192 valence electrons. The molecular formula is C30H30O7. The molecule has 1 aliphatic carbocycles. The number of benzene rings is 2. The minimum atomic E-state index is -0.840. The first-order valence-electron chi connectivity index (χ1n) is 12.3. The molecule has 7 heteroatoms. The van der Waals surface area contributed by atoms with E-state index in [1.165, 1.54) is 19.3 Å². The van der Waals surface area contributed by atoms with Gasteiger partial charge in [-0.15, -0.1) is 0 Å². The van der Waals surface area contributed by atoms with Crippen molar-refractivity contribution in [1.82, 2.24) is 0 Å². The van der Waals surface area contributed by atoms with E-state index in [4.69, 9.17) is 14.2 Å². The molecule has 0 radical (unpaired) electrons. The maximum absolute atomic E-state index is 13.5. The Hall–Kier alpha value is -3.84. The van der Waals surface area contributed by atoms with Gasteiger partial charge in [0.2, 0.25) is 0 Å². The zero-order chi connectivity index (χ0) is 26.6. The number of aliphatic hydroxyl groups is 1. The molecule has 7 nitrogen and oxygen atoms in total. The lowest BCUT2D eigenvalue weighted by atomic mass is 9.76. The highest BCUT2D eigenvalue weighted by molar-refractivity contribution is 6.05. The van der Waals surface area contributed by atoms with E-state index in [9.17, 15) is 19.8 Å². The predicted molar refractivity (Wildman–Crippen MR) is 141 cm³/mol. The molecule has 2 N–H and O–H groups in total. The average molecular weight is 503 g/mol. The van der Waals surface area contributed by atoms with Crippen LogP contribution in [0.15, 0.2) is 47.3 Å².